The van der Waals surface area contributed by atoms with Crippen LogP contribution >= 0.6 is 11.3 Å². The van der Waals surface area contributed by atoms with E-state index in [0.29, 0.717) is 5.13 Å². The molecule has 2 N–H and O–H groups in total. The Morgan fingerprint density at radius 3 is 2.37 bits per heavy atom. The minimum absolute atomic E-state index is 0.00616. The molecule has 0 saturated carbocycles. The van der Waals surface area contributed by atoms with E-state index >= 15 is 0 Å². The number of nitrogens with two attached hydrogens (primary N) is 1. The summed E-state index contributed by atoms with van der Waals surface area (Å²) in [6.07, 6.45) is -3.05. The van der Waals surface area contributed by atoms with Crippen LogP contribution in [0.2, 0.25) is 0 Å². The second kappa shape index (κ2) is 4.91. The average Bonchev–Trinajstić information content (AvgIpc) is 2.77. The molecule has 0 aromatic carbocycles. The number of primary sulfonamides is 1. The molecule has 1 aromatic rings. The fraction of sp³-hybridized carbons (Fsp3) is 0.667. The van der Waals surface area contributed by atoms with Gasteiger partial charge in [0.05, 0.1) is 12.1 Å². The number of aromatic nitrogens is 1. The number of sulfonamides is 1. The molecule has 2 rings (SSSR count). The van der Waals surface area contributed by atoms with E-state index in [1.165, 1.54) is 0 Å². The first-order chi connectivity index (χ1) is 8.68. The summed E-state index contributed by atoms with van der Waals surface area (Å²) in [4.78, 5) is 5.55. The lowest BCUT2D eigenvalue weighted by Gasteiger charge is -2.32. The lowest BCUT2D eigenvalue weighted by Crippen LogP contribution is -2.38. The van der Waals surface area contributed by atoms with E-state index in [4.69, 9.17) is 5.14 Å². The largest absolute Gasteiger partial charge is 0.391 e. The number of hydrogen-bond acceptors (Lipinski definition) is 5. The van der Waals surface area contributed by atoms with E-state index in [2.05, 4.69) is 4.98 Å². The molecule has 0 amide bonds. The Kier molecular flexibility index (Phi) is 3.76. The van der Waals surface area contributed by atoms with Crippen molar-refractivity contribution in [2.45, 2.75) is 23.2 Å². The van der Waals surface area contributed by atoms with Crippen molar-refractivity contribution in [1.82, 2.24) is 4.98 Å². The van der Waals surface area contributed by atoms with Crippen molar-refractivity contribution in [1.29, 1.82) is 0 Å². The summed E-state index contributed by atoms with van der Waals surface area (Å²) in [5.41, 5.74) is 0. The van der Waals surface area contributed by atoms with E-state index in [-0.39, 0.29) is 30.1 Å². The fourth-order valence-electron chi connectivity index (χ4n) is 1.93. The third-order valence-corrected chi connectivity index (χ3v) is 5.45. The highest BCUT2D eigenvalue weighted by Crippen LogP contribution is 2.36. The van der Waals surface area contributed by atoms with Crippen LogP contribution in [0.3, 0.4) is 0 Å². The zero-order chi connectivity index (χ0) is 14.3. The van der Waals surface area contributed by atoms with Crippen LogP contribution in [0, 0.1) is 5.92 Å². The minimum atomic E-state index is -4.17. The maximum Gasteiger partial charge on any atom is 0.391 e. The van der Waals surface area contributed by atoms with Crippen molar-refractivity contribution in [2.75, 3.05) is 18.0 Å². The highest BCUT2D eigenvalue weighted by atomic mass is 32.2. The highest BCUT2D eigenvalue weighted by molar-refractivity contribution is 7.91. The van der Waals surface area contributed by atoms with Crippen LogP contribution in [-0.4, -0.2) is 32.7 Å². The van der Waals surface area contributed by atoms with Crippen molar-refractivity contribution in [3.63, 3.8) is 0 Å². The summed E-state index contributed by atoms with van der Waals surface area (Å²) in [6, 6.07) is 0. The molecule has 0 aliphatic carbocycles. The lowest BCUT2D eigenvalue weighted by atomic mass is 9.97. The molecule has 0 radical (unpaired) electrons. The SMILES string of the molecule is NS(=O)(=O)c1cnc(N2CCC(C(F)(F)F)CC2)s1. The fourth-order valence-corrected chi connectivity index (χ4v) is 3.52. The zero-order valence-corrected chi connectivity index (χ0v) is 11.4. The van der Waals surface area contributed by atoms with Gasteiger partial charge in [-0.2, -0.15) is 13.2 Å². The van der Waals surface area contributed by atoms with Gasteiger partial charge in [-0.25, -0.2) is 18.5 Å². The summed E-state index contributed by atoms with van der Waals surface area (Å²) >= 11 is 0.876. The summed E-state index contributed by atoms with van der Waals surface area (Å²) in [5.74, 6) is -1.29. The van der Waals surface area contributed by atoms with Crippen LogP contribution < -0.4 is 10.0 Å². The first-order valence-corrected chi connectivity index (χ1v) is 7.84. The zero-order valence-electron chi connectivity index (χ0n) is 9.72. The molecular formula is C9H12F3N3O2S2. The molecule has 0 atom stereocenters. The molecular weight excluding hydrogens is 303 g/mol. The van der Waals surface area contributed by atoms with E-state index in [0.717, 1.165) is 17.5 Å². The van der Waals surface area contributed by atoms with Gasteiger partial charge in [0.25, 0.3) is 0 Å². The third kappa shape index (κ3) is 3.37. The number of anilines is 1. The summed E-state index contributed by atoms with van der Waals surface area (Å²) in [5, 5.41) is 5.35. The topological polar surface area (TPSA) is 76.3 Å². The van der Waals surface area contributed by atoms with Gasteiger partial charge >= 0.3 is 6.18 Å². The van der Waals surface area contributed by atoms with Crippen molar-refractivity contribution >= 4 is 26.5 Å². The van der Waals surface area contributed by atoms with Crippen LogP contribution in [0.1, 0.15) is 12.8 Å². The van der Waals surface area contributed by atoms with E-state index in [1.54, 1.807) is 4.90 Å². The van der Waals surface area contributed by atoms with E-state index < -0.39 is 22.1 Å². The number of thiazole rings is 1. The number of hydrogen-bond donors (Lipinski definition) is 1. The normalized spacial score (nSPS) is 18.8. The predicted molar refractivity (Wildman–Crippen MR) is 64.5 cm³/mol. The minimum Gasteiger partial charge on any atom is -0.348 e. The molecule has 0 spiro atoms. The van der Waals surface area contributed by atoms with Crippen molar-refractivity contribution in [3.05, 3.63) is 6.20 Å². The highest BCUT2D eigenvalue weighted by Gasteiger charge is 2.41. The van der Waals surface area contributed by atoms with Gasteiger partial charge in [0.2, 0.25) is 10.0 Å². The monoisotopic (exact) mass is 315 g/mol. The molecule has 0 unspecified atom stereocenters. The van der Waals surface area contributed by atoms with Gasteiger partial charge in [0.15, 0.2) is 9.34 Å². The molecule has 1 saturated heterocycles. The van der Waals surface area contributed by atoms with Crippen LogP contribution in [0.25, 0.3) is 0 Å². The maximum absolute atomic E-state index is 12.5. The van der Waals surface area contributed by atoms with Gasteiger partial charge in [-0.15, -0.1) is 0 Å². The Balaban J connectivity index is 2.04. The van der Waals surface area contributed by atoms with Gasteiger partial charge in [-0.1, -0.05) is 11.3 Å². The number of piperidine rings is 1. The Labute approximate surface area is 112 Å². The summed E-state index contributed by atoms with van der Waals surface area (Å²) < 4.78 is 59.6. The van der Waals surface area contributed by atoms with Crippen molar-refractivity contribution in [2.24, 2.45) is 11.1 Å². The van der Waals surface area contributed by atoms with Crippen LogP contribution in [0.5, 0.6) is 0 Å². The first-order valence-electron chi connectivity index (χ1n) is 5.48. The Morgan fingerprint density at radius 2 is 1.95 bits per heavy atom. The number of rotatable bonds is 2. The standard InChI is InChI=1S/C9H12F3N3O2S2/c10-9(11,12)6-1-3-15(4-2-6)8-14-5-7(18-8)19(13,16)17/h5-6H,1-4H2,(H2,13,16,17). The van der Waals surface area contributed by atoms with E-state index in [1.807, 2.05) is 0 Å². The molecule has 5 nitrogen and oxygen atoms in total. The Bertz CT molecular complexity index is 547. The third-order valence-electron chi connectivity index (χ3n) is 2.98. The first kappa shape index (κ1) is 14.5. The van der Waals surface area contributed by atoms with Gasteiger partial charge < -0.3 is 4.90 Å². The van der Waals surface area contributed by atoms with Crippen molar-refractivity contribution < 1.29 is 21.6 Å². The van der Waals surface area contributed by atoms with Gasteiger partial charge in [0.1, 0.15) is 0 Å². The van der Waals surface area contributed by atoms with E-state index in [9.17, 15) is 21.6 Å². The molecule has 1 aliphatic rings. The van der Waals surface area contributed by atoms with Gasteiger partial charge in [0, 0.05) is 13.1 Å². The second-order valence-electron chi connectivity index (χ2n) is 4.31. The predicted octanol–water partition coefficient (Wildman–Crippen LogP) is 1.57. The van der Waals surface area contributed by atoms with Crippen molar-refractivity contribution in [3.8, 4) is 0 Å². The van der Waals surface area contributed by atoms with Crippen LogP contribution in [0.4, 0.5) is 18.3 Å². The molecule has 19 heavy (non-hydrogen) atoms. The smallest absolute Gasteiger partial charge is 0.348 e. The van der Waals surface area contributed by atoms with Gasteiger partial charge in [-0.05, 0) is 12.8 Å². The molecule has 1 aromatic heterocycles. The molecule has 1 aliphatic heterocycles. The summed E-state index contributed by atoms with van der Waals surface area (Å²) in [7, 11) is -3.81. The van der Waals surface area contributed by atoms with Gasteiger partial charge in [-0.3, -0.25) is 0 Å². The average molecular weight is 315 g/mol. The number of nitrogens with zero attached hydrogens (tertiary/aromatic N) is 2. The molecule has 108 valence electrons. The Hall–Kier alpha value is -0.870. The van der Waals surface area contributed by atoms with Crippen LogP contribution in [-0.2, 0) is 10.0 Å². The number of halogens is 3. The Morgan fingerprint density at radius 1 is 1.37 bits per heavy atom. The van der Waals surface area contributed by atoms with Crippen LogP contribution in [0.15, 0.2) is 10.4 Å². The molecule has 10 heteroatoms. The maximum atomic E-state index is 12.5. The molecule has 0 bridgehead atoms. The molecule has 1 fully saturated rings. The second-order valence-corrected chi connectivity index (χ2v) is 7.11. The number of alkyl halides is 3. The summed E-state index contributed by atoms with van der Waals surface area (Å²) in [6.45, 7) is 0.420. The molecule has 2 heterocycles. The quantitative estimate of drug-likeness (QED) is 0.899. The lowest BCUT2D eigenvalue weighted by molar-refractivity contribution is -0.179.